The third-order valence-corrected chi connectivity index (χ3v) is 6.01. The first kappa shape index (κ1) is 23.9. The van der Waals surface area contributed by atoms with E-state index < -0.39 is 12.1 Å². The molecular weight excluding hydrogens is 450 g/mol. The molecule has 0 saturated carbocycles. The van der Waals surface area contributed by atoms with E-state index in [9.17, 15) is 14.4 Å². The number of alkyl carbamates (subject to hydrolysis) is 1. The summed E-state index contributed by atoms with van der Waals surface area (Å²) in [5.41, 5.74) is 4.43. The summed E-state index contributed by atoms with van der Waals surface area (Å²) in [4.78, 5) is 35.6. The van der Waals surface area contributed by atoms with Gasteiger partial charge in [0.05, 0.1) is 12.7 Å². The van der Waals surface area contributed by atoms with Crippen LogP contribution in [-0.4, -0.2) is 57.3 Å². The highest BCUT2D eigenvalue weighted by atomic mass is 16.5. The molecule has 0 unspecified atom stereocenters. The average molecular weight is 478 g/mol. The smallest absolute Gasteiger partial charge is 0.407 e. The second-order valence-electron chi connectivity index (χ2n) is 8.30. The number of nitrogens with zero attached hydrogens (tertiary/aromatic N) is 3. The lowest BCUT2D eigenvalue weighted by Gasteiger charge is -2.18. The van der Waals surface area contributed by atoms with Crippen molar-refractivity contribution in [3.8, 4) is 11.1 Å². The van der Waals surface area contributed by atoms with Gasteiger partial charge in [0.25, 0.3) is 0 Å². The number of nitrogens with one attached hydrogen (secondary N) is 2. The second kappa shape index (κ2) is 10.8. The second-order valence-corrected chi connectivity index (χ2v) is 8.30. The largest absolute Gasteiger partial charge is 0.476 e. The number of hydrogen-bond acceptors (Lipinski definition) is 6. The fraction of sp³-hybridized carbons (Fsp3) is 0.320. The van der Waals surface area contributed by atoms with Gasteiger partial charge in [-0.25, -0.2) is 14.3 Å². The standard InChI is InChI=1S/C25H27N5O5/c1-2-16(13-23(31)26-11-12-30-14-22(24(32)33)28-29-30)27-25(34)35-15-21-19-9-5-3-7-17(19)18-8-4-6-10-20(18)21/h3-10,14,16,21H,2,11-13,15H2,1H3,(H,26,31)(H,27,34)(H,32,33)/t16-/m1/s1. The number of carboxylic acids is 1. The maximum atomic E-state index is 12.5. The summed E-state index contributed by atoms with van der Waals surface area (Å²) in [6.07, 6.45) is 1.39. The van der Waals surface area contributed by atoms with Crippen molar-refractivity contribution in [2.24, 2.45) is 0 Å². The van der Waals surface area contributed by atoms with Crippen LogP contribution in [0.3, 0.4) is 0 Å². The van der Waals surface area contributed by atoms with Crippen molar-refractivity contribution in [2.75, 3.05) is 13.2 Å². The Morgan fingerprint density at radius 1 is 1.09 bits per heavy atom. The number of amides is 2. The van der Waals surface area contributed by atoms with E-state index in [1.165, 1.54) is 10.9 Å². The molecule has 0 spiro atoms. The van der Waals surface area contributed by atoms with E-state index in [1.54, 1.807) is 0 Å². The number of fused-ring (bicyclic) bond motifs is 3. The van der Waals surface area contributed by atoms with Gasteiger partial charge >= 0.3 is 12.1 Å². The Kier molecular flexibility index (Phi) is 7.39. The number of rotatable bonds is 10. The zero-order chi connectivity index (χ0) is 24.8. The Hall–Kier alpha value is -4.21. The summed E-state index contributed by atoms with van der Waals surface area (Å²) >= 11 is 0. The first-order chi connectivity index (χ1) is 17.0. The molecular formula is C25H27N5O5. The van der Waals surface area contributed by atoms with E-state index in [2.05, 4.69) is 45.2 Å². The number of carbonyl (C=O) groups is 3. The van der Waals surface area contributed by atoms with Crippen molar-refractivity contribution in [3.05, 3.63) is 71.5 Å². The van der Waals surface area contributed by atoms with Gasteiger partial charge in [-0.2, -0.15) is 0 Å². The topological polar surface area (TPSA) is 135 Å². The van der Waals surface area contributed by atoms with Crippen LogP contribution < -0.4 is 10.6 Å². The molecule has 10 nitrogen and oxygen atoms in total. The highest BCUT2D eigenvalue weighted by Crippen LogP contribution is 2.44. The highest BCUT2D eigenvalue weighted by Gasteiger charge is 2.29. The van der Waals surface area contributed by atoms with E-state index in [-0.39, 0.29) is 49.7 Å². The van der Waals surface area contributed by atoms with Gasteiger partial charge in [-0.15, -0.1) is 5.10 Å². The monoisotopic (exact) mass is 477 g/mol. The minimum absolute atomic E-state index is 0.0325. The molecule has 2 aromatic carbocycles. The lowest BCUT2D eigenvalue weighted by Crippen LogP contribution is -2.40. The van der Waals surface area contributed by atoms with Gasteiger partial charge in [-0.05, 0) is 28.7 Å². The number of ether oxygens (including phenoxy) is 1. The number of aromatic carboxylic acids is 1. The molecule has 2 amide bonds. The van der Waals surface area contributed by atoms with E-state index in [1.807, 2.05) is 31.2 Å². The zero-order valence-electron chi connectivity index (χ0n) is 19.3. The van der Waals surface area contributed by atoms with Crippen LogP contribution in [0.15, 0.2) is 54.7 Å². The van der Waals surface area contributed by atoms with Crippen molar-refractivity contribution < 1.29 is 24.2 Å². The van der Waals surface area contributed by atoms with Gasteiger partial charge in [0.2, 0.25) is 5.91 Å². The number of carbonyl (C=O) groups excluding carboxylic acids is 2. The van der Waals surface area contributed by atoms with Crippen molar-refractivity contribution in [1.29, 1.82) is 0 Å². The van der Waals surface area contributed by atoms with Crippen LogP contribution in [0.1, 0.15) is 47.3 Å². The Labute approximate surface area is 202 Å². The first-order valence-corrected chi connectivity index (χ1v) is 11.5. The molecule has 182 valence electrons. The van der Waals surface area contributed by atoms with Gasteiger partial charge in [-0.3, -0.25) is 4.79 Å². The molecule has 1 aliphatic rings. The van der Waals surface area contributed by atoms with E-state index >= 15 is 0 Å². The highest BCUT2D eigenvalue weighted by molar-refractivity contribution is 5.84. The normalized spacial score (nSPS) is 12.9. The minimum Gasteiger partial charge on any atom is -0.476 e. The van der Waals surface area contributed by atoms with Gasteiger partial charge in [0.1, 0.15) is 6.61 Å². The van der Waals surface area contributed by atoms with Crippen LogP contribution in [0.25, 0.3) is 11.1 Å². The molecule has 1 heterocycles. The average Bonchev–Trinajstić information content (AvgIpc) is 3.45. The first-order valence-electron chi connectivity index (χ1n) is 11.5. The van der Waals surface area contributed by atoms with Gasteiger partial charge in [0, 0.05) is 24.9 Å². The minimum atomic E-state index is -1.16. The van der Waals surface area contributed by atoms with E-state index in [4.69, 9.17) is 9.84 Å². The molecule has 4 rings (SSSR count). The Balaban J connectivity index is 1.24. The SMILES string of the molecule is CC[C@H](CC(=O)NCCn1cc(C(=O)O)nn1)NC(=O)OCC1c2ccccc2-c2ccccc21. The molecule has 3 N–H and O–H groups in total. The number of aromatic nitrogens is 3. The molecule has 1 aromatic heterocycles. The summed E-state index contributed by atoms with van der Waals surface area (Å²) in [5.74, 6) is -1.44. The summed E-state index contributed by atoms with van der Waals surface area (Å²) in [7, 11) is 0. The van der Waals surface area contributed by atoms with Crippen LogP contribution in [-0.2, 0) is 16.1 Å². The predicted octanol–water partition coefficient (Wildman–Crippen LogP) is 2.80. The number of carboxylic acid groups (broad SMARTS) is 1. The van der Waals surface area contributed by atoms with Crippen molar-refractivity contribution in [2.45, 2.75) is 38.3 Å². The van der Waals surface area contributed by atoms with Crippen LogP contribution in [0.4, 0.5) is 4.79 Å². The lowest BCUT2D eigenvalue weighted by molar-refractivity contribution is -0.121. The van der Waals surface area contributed by atoms with Crippen LogP contribution in [0.5, 0.6) is 0 Å². The molecule has 0 aliphatic heterocycles. The Morgan fingerprint density at radius 3 is 2.34 bits per heavy atom. The molecule has 1 aliphatic carbocycles. The molecule has 0 bridgehead atoms. The Bertz CT molecular complexity index is 1180. The molecule has 1 atom stereocenters. The maximum absolute atomic E-state index is 12.5. The third-order valence-electron chi connectivity index (χ3n) is 6.01. The molecule has 10 heteroatoms. The fourth-order valence-electron chi connectivity index (χ4n) is 4.22. The fourth-order valence-corrected chi connectivity index (χ4v) is 4.22. The summed E-state index contributed by atoms with van der Waals surface area (Å²) in [6.45, 7) is 2.62. The summed E-state index contributed by atoms with van der Waals surface area (Å²) in [6, 6.07) is 15.9. The van der Waals surface area contributed by atoms with Crippen molar-refractivity contribution in [3.63, 3.8) is 0 Å². The number of benzene rings is 2. The van der Waals surface area contributed by atoms with Gasteiger partial charge in [0.15, 0.2) is 5.69 Å². The van der Waals surface area contributed by atoms with Crippen LogP contribution >= 0.6 is 0 Å². The quantitative estimate of drug-likeness (QED) is 0.409. The van der Waals surface area contributed by atoms with Crippen molar-refractivity contribution in [1.82, 2.24) is 25.6 Å². The summed E-state index contributed by atoms with van der Waals surface area (Å²) < 4.78 is 6.91. The van der Waals surface area contributed by atoms with Gasteiger partial charge in [-0.1, -0.05) is 60.7 Å². The molecule has 0 saturated heterocycles. The number of hydrogen-bond donors (Lipinski definition) is 3. The molecule has 0 radical (unpaired) electrons. The predicted molar refractivity (Wildman–Crippen MR) is 127 cm³/mol. The van der Waals surface area contributed by atoms with E-state index in [0.29, 0.717) is 6.42 Å². The third kappa shape index (κ3) is 5.65. The Morgan fingerprint density at radius 2 is 1.74 bits per heavy atom. The molecule has 35 heavy (non-hydrogen) atoms. The summed E-state index contributed by atoms with van der Waals surface area (Å²) in [5, 5.41) is 21.6. The maximum Gasteiger partial charge on any atom is 0.407 e. The van der Waals surface area contributed by atoms with Crippen LogP contribution in [0.2, 0.25) is 0 Å². The van der Waals surface area contributed by atoms with E-state index in [0.717, 1.165) is 22.3 Å². The zero-order valence-corrected chi connectivity index (χ0v) is 19.3. The van der Waals surface area contributed by atoms with Crippen molar-refractivity contribution >= 4 is 18.0 Å². The van der Waals surface area contributed by atoms with Crippen LogP contribution in [0, 0.1) is 0 Å². The molecule has 3 aromatic rings. The van der Waals surface area contributed by atoms with Gasteiger partial charge < -0.3 is 20.5 Å². The lowest BCUT2D eigenvalue weighted by atomic mass is 9.98. The molecule has 0 fully saturated rings.